The van der Waals surface area contributed by atoms with Crippen LogP contribution in [0, 0.1) is 13.8 Å². The zero-order valence-corrected chi connectivity index (χ0v) is 13.4. The molecule has 1 aliphatic heterocycles. The number of hydrogen-bond acceptors (Lipinski definition) is 4. The van der Waals surface area contributed by atoms with Crippen molar-refractivity contribution in [1.82, 2.24) is 19.7 Å². The van der Waals surface area contributed by atoms with E-state index in [1.807, 2.05) is 30.7 Å². The molecule has 6 heteroatoms. The predicted molar refractivity (Wildman–Crippen MR) is 86.6 cm³/mol. The second kappa shape index (κ2) is 6.24. The number of rotatable bonds is 5. The monoisotopic (exact) mass is 312 g/mol. The van der Waals surface area contributed by atoms with Gasteiger partial charge in [-0.25, -0.2) is 9.67 Å². The molecule has 1 aromatic heterocycles. The molecule has 3 rings (SSSR count). The minimum absolute atomic E-state index is 0.0181. The van der Waals surface area contributed by atoms with E-state index in [1.54, 1.807) is 23.1 Å². The molecular weight excluding hydrogens is 292 g/mol. The third-order valence-corrected chi connectivity index (χ3v) is 3.88. The summed E-state index contributed by atoms with van der Waals surface area (Å²) >= 11 is 0. The Labute approximate surface area is 135 Å². The number of benzene rings is 1. The van der Waals surface area contributed by atoms with Crippen LogP contribution in [-0.2, 0) is 0 Å². The largest absolute Gasteiger partial charge is 0.489 e. The second-order valence-corrected chi connectivity index (χ2v) is 5.61. The van der Waals surface area contributed by atoms with E-state index in [9.17, 15) is 4.79 Å². The number of amides is 1. The van der Waals surface area contributed by atoms with Crippen LogP contribution in [0.15, 0.2) is 36.9 Å². The Morgan fingerprint density at radius 1 is 1.39 bits per heavy atom. The fourth-order valence-corrected chi connectivity index (χ4v) is 2.75. The third kappa shape index (κ3) is 2.97. The number of ether oxygens (including phenoxy) is 1. The maximum Gasteiger partial charge on any atom is 0.257 e. The molecule has 2 heterocycles. The minimum atomic E-state index is -0.0181. The summed E-state index contributed by atoms with van der Waals surface area (Å²) in [5, 5.41) is 4.39. The third-order valence-electron chi connectivity index (χ3n) is 3.88. The van der Waals surface area contributed by atoms with Crippen molar-refractivity contribution in [1.29, 1.82) is 0 Å². The lowest BCUT2D eigenvalue weighted by Gasteiger charge is -2.39. The molecule has 0 spiro atoms. The smallest absolute Gasteiger partial charge is 0.257 e. The van der Waals surface area contributed by atoms with Crippen LogP contribution in [-0.4, -0.2) is 45.3 Å². The van der Waals surface area contributed by atoms with Gasteiger partial charge >= 0.3 is 0 Å². The van der Waals surface area contributed by atoms with Crippen molar-refractivity contribution in [2.75, 3.05) is 19.7 Å². The van der Waals surface area contributed by atoms with Crippen LogP contribution in [0.25, 0.3) is 0 Å². The molecule has 23 heavy (non-hydrogen) atoms. The van der Waals surface area contributed by atoms with E-state index in [-0.39, 0.29) is 11.9 Å². The van der Waals surface area contributed by atoms with E-state index in [2.05, 4.69) is 16.7 Å². The van der Waals surface area contributed by atoms with Crippen LogP contribution in [0.4, 0.5) is 0 Å². The number of aromatic nitrogens is 3. The van der Waals surface area contributed by atoms with E-state index in [0.717, 1.165) is 11.6 Å². The van der Waals surface area contributed by atoms with E-state index >= 15 is 0 Å². The van der Waals surface area contributed by atoms with E-state index < -0.39 is 0 Å². The molecule has 6 nitrogen and oxygen atoms in total. The van der Waals surface area contributed by atoms with Crippen molar-refractivity contribution >= 4 is 5.91 Å². The summed E-state index contributed by atoms with van der Waals surface area (Å²) in [6.45, 7) is 9.09. The first-order valence-electron chi connectivity index (χ1n) is 7.62. The lowest BCUT2D eigenvalue weighted by Crippen LogP contribution is -2.51. The average molecular weight is 312 g/mol. The van der Waals surface area contributed by atoms with E-state index in [4.69, 9.17) is 4.74 Å². The number of aryl methyl sites for hydroxylation is 2. The lowest BCUT2D eigenvalue weighted by atomic mass is 10.1. The molecule has 120 valence electrons. The van der Waals surface area contributed by atoms with E-state index in [1.165, 1.54) is 0 Å². The number of carbonyl (C=O) groups is 1. The topological polar surface area (TPSA) is 60.2 Å². The van der Waals surface area contributed by atoms with Crippen LogP contribution in [0.5, 0.6) is 5.75 Å². The Morgan fingerprint density at radius 3 is 2.78 bits per heavy atom. The van der Waals surface area contributed by atoms with Gasteiger partial charge < -0.3 is 9.64 Å². The summed E-state index contributed by atoms with van der Waals surface area (Å²) in [5.74, 6) is 2.22. The highest BCUT2D eigenvalue weighted by Crippen LogP contribution is 2.27. The molecule has 0 radical (unpaired) electrons. The van der Waals surface area contributed by atoms with Crippen molar-refractivity contribution in [3.05, 3.63) is 54.1 Å². The Hall–Kier alpha value is -2.63. The van der Waals surface area contributed by atoms with Gasteiger partial charge in [0.15, 0.2) is 0 Å². The van der Waals surface area contributed by atoms with Crippen LogP contribution in [0.1, 0.15) is 28.0 Å². The maximum atomic E-state index is 12.7. The summed E-state index contributed by atoms with van der Waals surface area (Å²) in [6.07, 6.45) is 1.66. The normalized spacial score (nSPS) is 14.4. The van der Waals surface area contributed by atoms with Crippen molar-refractivity contribution in [3.63, 3.8) is 0 Å². The van der Waals surface area contributed by atoms with Gasteiger partial charge in [0, 0.05) is 13.1 Å². The highest BCUT2D eigenvalue weighted by atomic mass is 16.5. The van der Waals surface area contributed by atoms with Crippen LogP contribution < -0.4 is 4.74 Å². The zero-order valence-electron chi connectivity index (χ0n) is 13.4. The summed E-state index contributed by atoms with van der Waals surface area (Å²) in [7, 11) is 0. The van der Waals surface area contributed by atoms with Crippen molar-refractivity contribution in [2.45, 2.75) is 19.9 Å². The van der Waals surface area contributed by atoms with Gasteiger partial charge in [0.2, 0.25) is 0 Å². The molecule has 0 bridgehead atoms. The second-order valence-electron chi connectivity index (χ2n) is 5.61. The first-order valence-corrected chi connectivity index (χ1v) is 7.62. The Balaban J connectivity index is 1.69. The standard InChI is InChI=1S/C17H20N4O2/c1-4-9-23-16-8-6-5-7-15(16)17(22)20-10-14(11-20)21-13(3)18-12(2)19-21/h4-8,14H,1,9-11H2,2-3H3. The molecule has 0 atom stereocenters. The Morgan fingerprint density at radius 2 is 2.13 bits per heavy atom. The molecule has 0 unspecified atom stereocenters. The number of nitrogens with zero attached hydrogens (tertiary/aromatic N) is 4. The number of hydrogen-bond donors (Lipinski definition) is 0. The van der Waals surface area contributed by atoms with Crippen molar-refractivity contribution in [2.24, 2.45) is 0 Å². The number of para-hydroxylation sites is 1. The van der Waals surface area contributed by atoms with Crippen LogP contribution in [0.3, 0.4) is 0 Å². The highest BCUT2D eigenvalue weighted by Gasteiger charge is 2.34. The summed E-state index contributed by atoms with van der Waals surface area (Å²) in [6, 6.07) is 7.49. The Bertz CT molecular complexity index is 732. The molecular formula is C17H20N4O2. The van der Waals surface area contributed by atoms with Gasteiger partial charge in [0.1, 0.15) is 24.0 Å². The molecule has 1 aliphatic rings. The molecule has 1 saturated heterocycles. The fraction of sp³-hybridized carbons (Fsp3) is 0.353. The SMILES string of the molecule is C=CCOc1ccccc1C(=O)N1CC(n2nc(C)nc2C)C1. The van der Waals surface area contributed by atoms with Gasteiger partial charge in [0.25, 0.3) is 5.91 Å². The van der Waals surface area contributed by atoms with Gasteiger partial charge in [-0.3, -0.25) is 4.79 Å². The quantitative estimate of drug-likeness (QED) is 0.794. The molecule has 1 fully saturated rings. The molecule has 2 aromatic rings. The average Bonchev–Trinajstić information content (AvgIpc) is 2.82. The van der Waals surface area contributed by atoms with Gasteiger partial charge in [-0.1, -0.05) is 24.8 Å². The van der Waals surface area contributed by atoms with Crippen LogP contribution >= 0.6 is 0 Å². The fourth-order valence-electron chi connectivity index (χ4n) is 2.75. The minimum Gasteiger partial charge on any atom is -0.489 e. The van der Waals surface area contributed by atoms with Crippen molar-refractivity contribution < 1.29 is 9.53 Å². The predicted octanol–water partition coefficient (Wildman–Crippen LogP) is 2.16. The molecule has 0 aliphatic carbocycles. The van der Waals surface area contributed by atoms with Crippen LogP contribution in [0.2, 0.25) is 0 Å². The van der Waals surface area contributed by atoms with Gasteiger partial charge in [-0.15, -0.1) is 0 Å². The lowest BCUT2D eigenvalue weighted by molar-refractivity contribution is 0.0493. The van der Waals surface area contributed by atoms with Gasteiger partial charge in [-0.2, -0.15) is 5.10 Å². The summed E-state index contributed by atoms with van der Waals surface area (Å²) in [5.41, 5.74) is 0.583. The van der Waals surface area contributed by atoms with Gasteiger partial charge in [0.05, 0.1) is 11.6 Å². The molecule has 0 saturated carbocycles. The number of likely N-dealkylation sites (tertiary alicyclic amines) is 1. The maximum absolute atomic E-state index is 12.7. The molecule has 1 amide bonds. The first kappa shape index (κ1) is 15.3. The molecule has 1 aromatic carbocycles. The number of carbonyl (C=O) groups excluding carboxylic acids is 1. The Kier molecular flexibility index (Phi) is 4.14. The highest BCUT2D eigenvalue weighted by molar-refractivity contribution is 5.97. The summed E-state index contributed by atoms with van der Waals surface area (Å²) < 4.78 is 7.47. The van der Waals surface area contributed by atoms with Gasteiger partial charge in [-0.05, 0) is 26.0 Å². The zero-order chi connectivity index (χ0) is 16.4. The van der Waals surface area contributed by atoms with Crippen molar-refractivity contribution in [3.8, 4) is 5.75 Å². The van der Waals surface area contributed by atoms with E-state index in [0.29, 0.717) is 31.0 Å². The molecule has 0 N–H and O–H groups in total. The summed E-state index contributed by atoms with van der Waals surface area (Å²) in [4.78, 5) is 18.8. The first-order chi connectivity index (χ1) is 11.1.